The standard InChI is InChI=1S/C20H18N2O3/c23-19(17-13-14-5-1-2-6-18(14)25-20(17)24)21-15-7-9-16(10-8-15)22-11-3-4-12-22/h1-2,5-10,13H,3-4,11-12H2,(H,21,23). The van der Waals surface area contributed by atoms with Crippen LogP contribution in [0.3, 0.4) is 0 Å². The van der Waals surface area contributed by atoms with Gasteiger partial charge in [0, 0.05) is 29.9 Å². The van der Waals surface area contributed by atoms with E-state index >= 15 is 0 Å². The molecule has 1 fully saturated rings. The van der Waals surface area contributed by atoms with Gasteiger partial charge in [0.2, 0.25) is 0 Å². The molecule has 0 aliphatic carbocycles. The number of carbonyl (C=O) groups excluding carboxylic acids is 1. The first-order valence-electron chi connectivity index (χ1n) is 8.40. The predicted octanol–water partition coefficient (Wildman–Crippen LogP) is 3.65. The van der Waals surface area contributed by atoms with Gasteiger partial charge < -0.3 is 14.6 Å². The Labute approximate surface area is 144 Å². The number of anilines is 2. The summed E-state index contributed by atoms with van der Waals surface area (Å²) in [4.78, 5) is 26.8. The molecule has 1 aliphatic rings. The number of benzene rings is 2. The molecule has 0 bridgehead atoms. The number of fused-ring (bicyclic) bond motifs is 1. The first kappa shape index (κ1) is 15.4. The van der Waals surface area contributed by atoms with Crippen LogP contribution in [0.5, 0.6) is 0 Å². The summed E-state index contributed by atoms with van der Waals surface area (Å²) in [6.07, 6.45) is 2.44. The lowest BCUT2D eigenvalue weighted by molar-refractivity contribution is 0.102. The summed E-state index contributed by atoms with van der Waals surface area (Å²) in [5.41, 5.74) is 1.65. The molecule has 126 valence electrons. The first-order valence-corrected chi connectivity index (χ1v) is 8.40. The Kier molecular flexibility index (Phi) is 3.98. The average Bonchev–Trinajstić information content (AvgIpc) is 3.16. The molecular weight excluding hydrogens is 316 g/mol. The van der Waals surface area contributed by atoms with Crippen molar-refractivity contribution in [2.45, 2.75) is 12.8 Å². The van der Waals surface area contributed by atoms with Crippen LogP contribution < -0.4 is 15.8 Å². The summed E-state index contributed by atoms with van der Waals surface area (Å²) in [5, 5.41) is 3.48. The van der Waals surface area contributed by atoms with E-state index in [0.29, 0.717) is 11.3 Å². The van der Waals surface area contributed by atoms with Crippen LogP contribution in [0, 0.1) is 0 Å². The normalized spacial score (nSPS) is 14.0. The zero-order chi connectivity index (χ0) is 17.2. The summed E-state index contributed by atoms with van der Waals surface area (Å²) in [5.74, 6) is -0.464. The molecule has 0 spiro atoms. The third kappa shape index (κ3) is 3.13. The van der Waals surface area contributed by atoms with E-state index in [-0.39, 0.29) is 5.56 Å². The molecule has 1 saturated heterocycles. The summed E-state index contributed by atoms with van der Waals surface area (Å²) in [7, 11) is 0. The SMILES string of the molecule is O=C(Nc1ccc(N2CCCC2)cc1)c1cc2ccccc2oc1=O. The van der Waals surface area contributed by atoms with Crippen LogP contribution in [-0.2, 0) is 0 Å². The largest absolute Gasteiger partial charge is 0.422 e. The fraction of sp³-hybridized carbons (Fsp3) is 0.200. The van der Waals surface area contributed by atoms with Crippen molar-refractivity contribution in [2.24, 2.45) is 0 Å². The van der Waals surface area contributed by atoms with Crippen LogP contribution in [0.4, 0.5) is 11.4 Å². The van der Waals surface area contributed by atoms with Gasteiger partial charge in [-0.25, -0.2) is 4.79 Å². The van der Waals surface area contributed by atoms with Crippen molar-refractivity contribution < 1.29 is 9.21 Å². The van der Waals surface area contributed by atoms with E-state index in [1.165, 1.54) is 12.8 Å². The molecule has 5 heteroatoms. The second-order valence-electron chi connectivity index (χ2n) is 6.18. The Morgan fingerprint density at radius 1 is 1.00 bits per heavy atom. The summed E-state index contributed by atoms with van der Waals surface area (Å²) in [6.45, 7) is 2.15. The van der Waals surface area contributed by atoms with Crippen molar-refractivity contribution in [2.75, 3.05) is 23.3 Å². The Morgan fingerprint density at radius 3 is 2.48 bits per heavy atom. The Morgan fingerprint density at radius 2 is 1.72 bits per heavy atom. The van der Waals surface area contributed by atoms with Gasteiger partial charge in [0.1, 0.15) is 11.1 Å². The Balaban J connectivity index is 1.55. The van der Waals surface area contributed by atoms with Gasteiger partial charge in [0.25, 0.3) is 5.91 Å². The van der Waals surface area contributed by atoms with Gasteiger partial charge in [0.15, 0.2) is 0 Å². The molecule has 0 unspecified atom stereocenters. The monoisotopic (exact) mass is 334 g/mol. The molecule has 4 rings (SSSR count). The van der Waals surface area contributed by atoms with Crippen LogP contribution in [0.2, 0.25) is 0 Å². The van der Waals surface area contributed by atoms with Crippen molar-refractivity contribution in [3.63, 3.8) is 0 Å². The van der Waals surface area contributed by atoms with Crippen LogP contribution in [0.15, 0.2) is 63.8 Å². The molecule has 5 nitrogen and oxygen atoms in total. The van der Waals surface area contributed by atoms with E-state index in [1.54, 1.807) is 24.3 Å². The fourth-order valence-electron chi connectivity index (χ4n) is 3.15. The number of para-hydroxylation sites is 1. The molecule has 0 saturated carbocycles. The molecule has 2 heterocycles. The quantitative estimate of drug-likeness (QED) is 0.743. The summed E-state index contributed by atoms with van der Waals surface area (Å²) >= 11 is 0. The van der Waals surface area contributed by atoms with Crippen molar-refractivity contribution in [1.29, 1.82) is 0 Å². The molecule has 2 aromatic carbocycles. The van der Waals surface area contributed by atoms with Crippen molar-refractivity contribution >= 4 is 28.3 Å². The zero-order valence-electron chi connectivity index (χ0n) is 13.7. The van der Waals surface area contributed by atoms with Gasteiger partial charge >= 0.3 is 5.63 Å². The van der Waals surface area contributed by atoms with Crippen molar-refractivity contribution in [3.05, 3.63) is 70.6 Å². The van der Waals surface area contributed by atoms with E-state index < -0.39 is 11.5 Å². The minimum absolute atomic E-state index is 0.00215. The van der Waals surface area contributed by atoms with E-state index in [4.69, 9.17) is 4.42 Å². The Bertz CT molecular complexity index is 970. The lowest BCUT2D eigenvalue weighted by atomic mass is 10.1. The number of nitrogens with one attached hydrogen (secondary N) is 1. The van der Waals surface area contributed by atoms with Gasteiger partial charge in [-0.3, -0.25) is 4.79 Å². The third-order valence-electron chi connectivity index (χ3n) is 4.48. The lowest BCUT2D eigenvalue weighted by Crippen LogP contribution is -2.21. The molecule has 25 heavy (non-hydrogen) atoms. The van der Waals surface area contributed by atoms with Crippen LogP contribution in [0.25, 0.3) is 11.0 Å². The number of amides is 1. The number of rotatable bonds is 3. The van der Waals surface area contributed by atoms with Crippen LogP contribution in [0.1, 0.15) is 23.2 Å². The number of nitrogens with zero attached hydrogens (tertiary/aromatic N) is 1. The van der Waals surface area contributed by atoms with E-state index in [9.17, 15) is 9.59 Å². The maximum Gasteiger partial charge on any atom is 0.349 e. The highest BCUT2D eigenvalue weighted by Gasteiger charge is 2.15. The average molecular weight is 334 g/mol. The highest BCUT2D eigenvalue weighted by molar-refractivity contribution is 6.05. The van der Waals surface area contributed by atoms with Gasteiger partial charge in [0.05, 0.1) is 0 Å². The highest BCUT2D eigenvalue weighted by atomic mass is 16.4. The minimum Gasteiger partial charge on any atom is -0.422 e. The van der Waals surface area contributed by atoms with Crippen LogP contribution >= 0.6 is 0 Å². The summed E-state index contributed by atoms with van der Waals surface area (Å²) < 4.78 is 5.22. The van der Waals surface area contributed by atoms with E-state index in [1.807, 2.05) is 30.3 Å². The Hall–Kier alpha value is -3.08. The maximum absolute atomic E-state index is 12.4. The molecule has 1 aliphatic heterocycles. The molecule has 1 N–H and O–H groups in total. The van der Waals surface area contributed by atoms with E-state index in [2.05, 4.69) is 10.2 Å². The van der Waals surface area contributed by atoms with Crippen molar-refractivity contribution in [1.82, 2.24) is 0 Å². The smallest absolute Gasteiger partial charge is 0.349 e. The topological polar surface area (TPSA) is 62.6 Å². The second kappa shape index (κ2) is 6.43. The predicted molar refractivity (Wildman–Crippen MR) is 98.3 cm³/mol. The van der Waals surface area contributed by atoms with Gasteiger partial charge in [-0.15, -0.1) is 0 Å². The third-order valence-corrected chi connectivity index (χ3v) is 4.48. The number of hydrogen-bond donors (Lipinski definition) is 1. The molecule has 1 aromatic heterocycles. The van der Waals surface area contributed by atoms with Crippen molar-refractivity contribution in [3.8, 4) is 0 Å². The van der Waals surface area contributed by atoms with E-state index in [0.717, 1.165) is 24.2 Å². The van der Waals surface area contributed by atoms with Crippen LogP contribution in [-0.4, -0.2) is 19.0 Å². The highest BCUT2D eigenvalue weighted by Crippen LogP contribution is 2.22. The maximum atomic E-state index is 12.4. The molecule has 1 amide bonds. The van der Waals surface area contributed by atoms with Gasteiger partial charge in [-0.1, -0.05) is 18.2 Å². The second-order valence-corrected chi connectivity index (χ2v) is 6.18. The molecule has 3 aromatic rings. The molecular formula is C20H18N2O3. The van der Waals surface area contributed by atoms with Gasteiger partial charge in [-0.05, 0) is 49.2 Å². The fourth-order valence-corrected chi connectivity index (χ4v) is 3.15. The number of hydrogen-bond acceptors (Lipinski definition) is 4. The summed E-state index contributed by atoms with van der Waals surface area (Å²) in [6, 6.07) is 16.4. The number of carbonyl (C=O) groups is 1. The first-order chi connectivity index (χ1) is 12.2. The lowest BCUT2D eigenvalue weighted by Gasteiger charge is -2.17. The zero-order valence-corrected chi connectivity index (χ0v) is 13.7. The molecule has 0 radical (unpaired) electrons. The minimum atomic E-state index is -0.634. The van der Waals surface area contributed by atoms with Gasteiger partial charge in [-0.2, -0.15) is 0 Å². The molecule has 0 atom stereocenters.